The van der Waals surface area contributed by atoms with E-state index in [9.17, 15) is 13.2 Å². The smallest absolute Gasteiger partial charge is 0.223 e. The summed E-state index contributed by atoms with van der Waals surface area (Å²) < 4.78 is 35.8. The van der Waals surface area contributed by atoms with E-state index >= 15 is 0 Å². The zero-order chi connectivity index (χ0) is 23.7. The molecule has 33 heavy (non-hydrogen) atoms. The Kier molecular flexibility index (Phi) is 9.14. The number of unbranched alkanes of at least 4 members (excludes halogenated alkanes) is 2. The third-order valence-electron chi connectivity index (χ3n) is 5.92. The van der Waals surface area contributed by atoms with Crippen LogP contribution in [0.25, 0.3) is 0 Å². The summed E-state index contributed by atoms with van der Waals surface area (Å²) in [5, 5.41) is 0. The van der Waals surface area contributed by atoms with Gasteiger partial charge in [-0.25, -0.2) is 12.7 Å². The number of carbonyl (C=O) groups excluding carboxylic acids is 1. The highest BCUT2D eigenvalue weighted by Gasteiger charge is 2.27. The van der Waals surface area contributed by atoms with Crippen LogP contribution in [0, 0.1) is 0 Å². The Hall–Kier alpha value is -2.58. The molecule has 0 spiro atoms. The van der Waals surface area contributed by atoms with Crippen LogP contribution in [-0.2, 0) is 27.9 Å². The number of methoxy groups -OCH3 is 2. The lowest BCUT2D eigenvalue weighted by atomic mass is 10.1. The topological polar surface area (TPSA) is 76.2 Å². The Labute approximate surface area is 197 Å². The van der Waals surface area contributed by atoms with Gasteiger partial charge in [0, 0.05) is 32.6 Å². The molecule has 2 aromatic carbocycles. The maximum absolute atomic E-state index is 13.1. The first-order chi connectivity index (χ1) is 15.9. The molecule has 0 N–H and O–H groups in total. The van der Waals surface area contributed by atoms with Crippen LogP contribution in [-0.4, -0.2) is 56.6 Å². The summed E-state index contributed by atoms with van der Waals surface area (Å²) in [4.78, 5) is 15.0. The maximum atomic E-state index is 13.1. The van der Waals surface area contributed by atoms with E-state index in [0.29, 0.717) is 39.0 Å². The SMILES string of the molecule is COc1ccc(CN(Cc2ccc(OC)cc2)C(=O)CCCCCN2CCCS2(=O)=O)cc1. The number of nitrogens with zero attached hydrogens (tertiary/aromatic N) is 2. The molecular formula is C25H34N2O5S. The monoisotopic (exact) mass is 474 g/mol. The summed E-state index contributed by atoms with van der Waals surface area (Å²) in [5.41, 5.74) is 2.08. The maximum Gasteiger partial charge on any atom is 0.223 e. The van der Waals surface area contributed by atoms with E-state index in [4.69, 9.17) is 9.47 Å². The van der Waals surface area contributed by atoms with Crippen LogP contribution in [0.2, 0.25) is 0 Å². The Balaban J connectivity index is 1.55. The number of benzene rings is 2. The second kappa shape index (κ2) is 12.0. The molecule has 1 fully saturated rings. The minimum atomic E-state index is -3.04. The summed E-state index contributed by atoms with van der Waals surface area (Å²) in [6.07, 6.45) is 3.51. The molecule has 7 nitrogen and oxygen atoms in total. The highest BCUT2D eigenvalue weighted by Crippen LogP contribution is 2.19. The molecule has 0 atom stereocenters. The van der Waals surface area contributed by atoms with Crippen molar-refractivity contribution in [3.05, 3.63) is 59.7 Å². The van der Waals surface area contributed by atoms with Crippen LogP contribution in [0.1, 0.15) is 43.2 Å². The third kappa shape index (κ3) is 7.47. The van der Waals surface area contributed by atoms with E-state index in [1.54, 1.807) is 18.5 Å². The van der Waals surface area contributed by atoms with Crippen molar-refractivity contribution < 1.29 is 22.7 Å². The van der Waals surface area contributed by atoms with Gasteiger partial charge >= 0.3 is 0 Å². The summed E-state index contributed by atoms with van der Waals surface area (Å²) in [7, 11) is 0.222. The predicted molar refractivity (Wildman–Crippen MR) is 129 cm³/mol. The fraction of sp³-hybridized carbons (Fsp3) is 0.480. The highest BCUT2D eigenvalue weighted by atomic mass is 32.2. The van der Waals surface area contributed by atoms with Crippen LogP contribution >= 0.6 is 0 Å². The molecule has 0 aromatic heterocycles. The van der Waals surface area contributed by atoms with Gasteiger partial charge in [-0.15, -0.1) is 0 Å². The molecule has 0 radical (unpaired) electrons. The third-order valence-corrected chi connectivity index (χ3v) is 7.88. The Morgan fingerprint density at radius 2 is 1.42 bits per heavy atom. The van der Waals surface area contributed by atoms with Crippen molar-refractivity contribution in [2.45, 2.75) is 45.2 Å². The number of amides is 1. The first-order valence-electron chi connectivity index (χ1n) is 11.4. The van der Waals surface area contributed by atoms with Crippen molar-refractivity contribution in [1.29, 1.82) is 0 Å². The predicted octanol–water partition coefficient (Wildman–Crippen LogP) is 3.83. The van der Waals surface area contributed by atoms with Crippen LogP contribution in [0.15, 0.2) is 48.5 Å². The van der Waals surface area contributed by atoms with Crippen molar-refractivity contribution in [3.63, 3.8) is 0 Å². The molecule has 1 amide bonds. The van der Waals surface area contributed by atoms with Gasteiger partial charge in [0.25, 0.3) is 0 Å². The van der Waals surface area contributed by atoms with Crippen molar-refractivity contribution in [2.75, 3.05) is 33.1 Å². The second-order valence-corrected chi connectivity index (χ2v) is 10.4. The molecular weight excluding hydrogens is 440 g/mol. The molecule has 8 heteroatoms. The highest BCUT2D eigenvalue weighted by molar-refractivity contribution is 7.89. The van der Waals surface area contributed by atoms with Crippen molar-refractivity contribution in [1.82, 2.24) is 9.21 Å². The average Bonchev–Trinajstić information content (AvgIpc) is 3.17. The second-order valence-electron chi connectivity index (χ2n) is 8.33. The number of rotatable bonds is 12. The first kappa shape index (κ1) is 25.1. The number of sulfonamides is 1. The molecule has 0 saturated carbocycles. The minimum absolute atomic E-state index is 0.0930. The van der Waals surface area contributed by atoms with Gasteiger partial charge in [-0.3, -0.25) is 4.79 Å². The standard InChI is InChI=1S/C25H34N2O5S/c1-31-23-12-8-21(9-13-23)19-26(20-22-10-14-24(32-2)15-11-22)25(28)7-4-3-5-16-27-17-6-18-33(27,29)30/h8-15H,3-7,16-20H2,1-2H3. The van der Waals surface area contributed by atoms with E-state index in [1.807, 2.05) is 53.4 Å². The Bertz CT molecular complexity index is 941. The number of carbonyl (C=O) groups is 1. The van der Waals surface area contributed by atoms with E-state index in [0.717, 1.165) is 41.9 Å². The Morgan fingerprint density at radius 1 is 0.879 bits per heavy atom. The first-order valence-corrected chi connectivity index (χ1v) is 13.0. The molecule has 1 aliphatic rings. The van der Waals surface area contributed by atoms with E-state index in [2.05, 4.69) is 0 Å². The minimum Gasteiger partial charge on any atom is -0.497 e. The lowest BCUT2D eigenvalue weighted by Gasteiger charge is -2.23. The van der Waals surface area contributed by atoms with Gasteiger partial charge in [-0.05, 0) is 54.7 Å². The fourth-order valence-corrected chi connectivity index (χ4v) is 5.54. The van der Waals surface area contributed by atoms with Crippen LogP contribution in [0.5, 0.6) is 11.5 Å². The summed E-state index contributed by atoms with van der Waals surface area (Å²) in [5.74, 6) is 1.92. The molecule has 180 valence electrons. The normalized spacial score (nSPS) is 15.3. The lowest BCUT2D eigenvalue weighted by Crippen LogP contribution is -2.30. The molecule has 0 unspecified atom stereocenters. The van der Waals surface area contributed by atoms with E-state index in [-0.39, 0.29) is 11.7 Å². The van der Waals surface area contributed by atoms with E-state index < -0.39 is 10.0 Å². The van der Waals surface area contributed by atoms with E-state index in [1.165, 1.54) is 0 Å². The summed E-state index contributed by atoms with van der Waals surface area (Å²) in [6, 6.07) is 15.5. The largest absolute Gasteiger partial charge is 0.497 e. The van der Waals surface area contributed by atoms with Gasteiger partial charge in [0.2, 0.25) is 15.9 Å². The molecule has 0 bridgehead atoms. The van der Waals surface area contributed by atoms with Gasteiger partial charge in [-0.1, -0.05) is 30.7 Å². The zero-order valence-corrected chi connectivity index (χ0v) is 20.4. The molecule has 3 rings (SSSR count). The molecule has 2 aromatic rings. The quantitative estimate of drug-likeness (QED) is 0.437. The van der Waals surface area contributed by atoms with Crippen molar-refractivity contribution in [3.8, 4) is 11.5 Å². The summed E-state index contributed by atoms with van der Waals surface area (Å²) >= 11 is 0. The molecule has 1 saturated heterocycles. The molecule has 1 aliphatic heterocycles. The molecule has 1 heterocycles. The molecule has 0 aliphatic carbocycles. The zero-order valence-electron chi connectivity index (χ0n) is 19.5. The average molecular weight is 475 g/mol. The van der Waals surface area contributed by atoms with Gasteiger partial charge in [-0.2, -0.15) is 0 Å². The number of ether oxygens (including phenoxy) is 2. The van der Waals surface area contributed by atoms with Crippen LogP contribution < -0.4 is 9.47 Å². The van der Waals surface area contributed by atoms with Crippen molar-refractivity contribution in [2.24, 2.45) is 0 Å². The van der Waals surface area contributed by atoms with Gasteiger partial charge in [0.15, 0.2) is 0 Å². The fourth-order valence-electron chi connectivity index (χ4n) is 3.98. The van der Waals surface area contributed by atoms with Crippen LogP contribution in [0.4, 0.5) is 0 Å². The summed E-state index contributed by atoms with van der Waals surface area (Å²) in [6.45, 7) is 2.21. The lowest BCUT2D eigenvalue weighted by molar-refractivity contribution is -0.132. The number of hydrogen-bond donors (Lipinski definition) is 0. The Morgan fingerprint density at radius 3 is 1.88 bits per heavy atom. The van der Waals surface area contributed by atoms with Crippen molar-refractivity contribution >= 4 is 15.9 Å². The van der Waals surface area contributed by atoms with Crippen LogP contribution in [0.3, 0.4) is 0 Å². The number of hydrogen-bond acceptors (Lipinski definition) is 5. The van der Waals surface area contributed by atoms with Gasteiger partial charge in [0.05, 0.1) is 20.0 Å². The van der Waals surface area contributed by atoms with Gasteiger partial charge in [0.1, 0.15) is 11.5 Å². The van der Waals surface area contributed by atoms with Gasteiger partial charge < -0.3 is 14.4 Å².